The summed E-state index contributed by atoms with van der Waals surface area (Å²) < 4.78 is 6.09. The van der Waals surface area contributed by atoms with Crippen LogP contribution in [0.4, 0.5) is 0 Å². The lowest BCUT2D eigenvalue weighted by atomic mass is 9.94. The molecule has 296 valence electrons. The SMILES string of the molecule is CCCCCCCCCCCCCCCCCCN(C(=O)CCCCCCCCCCCCC)[C@@H]1O[C@H](CO)[C@@H](O)[C@H](O)[C@H]1NC(=O)CNC. The summed E-state index contributed by atoms with van der Waals surface area (Å²) in [5, 5.41) is 37.2. The first kappa shape index (κ1) is 46.8. The zero-order valence-corrected chi connectivity index (χ0v) is 32.8. The number of nitrogens with one attached hydrogen (secondary N) is 2. The second-order valence-electron chi connectivity index (χ2n) is 15.0. The lowest BCUT2D eigenvalue weighted by molar-refractivity contribution is -0.231. The maximum Gasteiger partial charge on any atom is 0.234 e. The fourth-order valence-electron chi connectivity index (χ4n) is 7.23. The predicted octanol–water partition coefficient (Wildman–Crippen LogP) is 7.92. The fraction of sp³-hybridized carbons (Fsp3) is 0.951. The molecule has 9 heteroatoms. The lowest BCUT2D eigenvalue weighted by Crippen LogP contribution is -2.69. The summed E-state index contributed by atoms with van der Waals surface area (Å²) in [7, 11) is 1.65. The van der Waals surface area contributed by atoms with E-state index in [1.807, 2.05) is 0 Å². The first-order valence-electron chi connectivity index (χ1n) is 21.3. The van der Waals surface area contributed by atoms with Crippen LogP contribution in [0.25, 0.3) is 0 Å². The van der Waals surface area contributed by atoms with Crippen molar-refractivity contribution in [3.8, 4) is 0 Å². The quantitative estimate of drug-likeness (QED) is 0.0429. The van der Waals surface area contributed by atoms with E-state index in [1.54, 1.807) is 11.9 Å². The van der Waals surface area contributed by atoms with Gasteiger partial charge in [-0.05, 0) is 19.9 Å². The Labute approximate surface area is 307 Å². The molecule has 0 aromatic rings. The van der Waals surface area contributed by atoms with E-state index >= 15 is 0 Å². The number of aliphatic hydroxyl groups is 3. The molecule has 0 aliphatic carbocycles. The van der Waals surface area contributed by atoms with Gasteiger partial charge in [0.05, 0.1) is 13.2 Å². The number of carbonyl (C=O) groups is 2. The van der Waals surface area contributed by atoms with Gasteiger partial charge < -0.3 is 35.6 Å². The molecule has 1 fully saturated rings. The molecule has 9 nitrogen and oxygen atoms in total. The normalized spacial score (nSPS) is 20.6. The second kappa shape index (κ2) is 32.4. The van der Waals surface area contributed by atoms with Crippen LogP contribution in [0, 0.1) is 0 Å². The van der Waals surface area contributed by atoms with Crippen molar-refractivity contribution >= 4 is 11.8 Å². The first-order chi connectivity index (χ1) is 24.4. The molecule has 0 aromatic heterocycles. The summed E-state index contributed by atoms with van der Waals surface area (Å²) in [6.07, 6.45) is 29.1. The molecular weight excluding hydrogens is 630 g/mol. The minimum Gasteiger partial charge on any atom is -0.394 e. The molecule has 2 amide bonds. The van der Waals surface area contributed by atoms with Crippen LogP contribution in [0.2, 0.25) is 0 Å². The van der Waals surface area contributed by atoms with E-state index in [4.69, 9.17) is 4.74 Å². The van der Waals surface area contributed by atoms with Crippen molar-refractivity contribution in [3.05, 3.63) is 0 Å². The van der Waals surface area contributed by atoms with Crippen LogP contribution in [-0.4, -0.2) is 89.4 Å². The molecule has 0 spiro atoms. The molecule has 5 atom stereocenters. The smallest absolute Gasteiger partial charge is 0.234 e. The van der Waals surface area contributed by atoms with Gasteiger partial charge in [0.15, 0.2) is 6.23 Å². The summed E-state index contributed by atoms with van der Waals surface area (Å²) >= 11 is 0. The Morgan fingerprint density at radius 2 is 1.00 bits per heavy atom. The highest BCUT2D eigenvalue weighted by Gasteiger charge is 2.48. The first-order valence-corrected chi connectivity index (χ1v) is 21.3. The average molecular weight is 712 g/mol. The fourth-order valence-corrected chi connectivity index (χ4v) is 7.23. The number of likely N-dealkylation sites (N-methyl/N-ethyl adjacent to an activating group) is 1. The van der Waals surface area contributed by atoms with Crippen LogP contribution in [0.3, 0.4) is 0 Å². The zero-order chi connectivity index (χ0) is 36.7. The van der Waals surface area contributed by atoms with E-state index in [-0.39, 0.29) is 18.4 Å². The van der Waals surface area contributed by atoms with Crippen LogP contribution in [0.15, 0.2) is 0 Å². The lowest BCUT2D eigenvalue weighted by Gasteiger charge is -2.47. The molecule has 1 aliphatic rings. The van der Waals surface area contributed by atoms with Crippen molar-refractivity contribution < 1.29 is 29.6 Å². The van der Waals surface area contributed by atoms with Crippen LogP contribution >= 0.6 is 0 Å². The van der Waals surface area contributed by atoms with Crippen molar-refractivity contribution in [2.75, 3.05) is 26.7 Å². The van der Waals surface area contributed by atoms with Crippen molar-refractivity contribution in [1.82, 2.24) is 15.5 Å². The minimum absolute atomic E-state index is 0.0290. The topological polar surface area (TPSA) is 131 Å². The van der Waals surface area contributed by atoms with Crippen molar-refractivity contribution in [2.24, 2.45) is 0 Å². The van der Waals surface area contributed by atoms with Gasteiger partial charge in [-0.3, -0.25) is 9.59 Å². The van der Waals surface area contributed by atoms with Gasteiger partial charge in [-0.25, -0.2) is 0 Å². The van der Waals surface area contributed by atoms with Gasteiger partial charge in [-0.1, -0.05) is 174 Å². The predicted molar refractivity (Wildman–Crippen MR) is 206 cm³/mol. The monoisotopic (exact) mass is 712 g/mol. The van der Waals surface area contributed by atoms with Crippen molar-refractivity contribution in [3.63, 3.8) is 0 Å². The largest absolute Gasteiger partial charge is 0.394 e. The van der Waals surface area contributed by atoms with Gasteiger partial charge in [-0.2, -0.15) is 0 Å². The molecule has 1 saturated heterocycles. The maximum atomic E-state index is 13.7. The zero-order valence-electron chi connectivity index (χ0n) is 32.8. The minimum atomic E-state index is -1.38. The summed E-state index contributed by atoms with van der Waals surface area (Å²) in [6, 6.07) is -1.00. The van der Waals surface area contributed by atoms with Crippen LogP contribution in [0.5, 0.6) is 0 Å². The number of carbonyl (C=O) groups excluding carboxylic acids is 2. The number of amides is 2. The Kier molecular flexibility index (Phi) is 30.3. The third kappa shape index (κ3) is 22.0. The highest BCUT2D eigenvalue weighted by atomic mass is 16.5. The van der Waals surface area contributed by atoms with Gasteiger partial charge >= 0.3 is 0 Å². The molecule has 0 saturated carbocycles. The van der Waals surface area contributed by atoms with Gasteiger partial charge in [0, 0.05) is 13.0 Å². The van der Waals surface area contributed by atoms with E-state index in [9.17, 15) is 24.9 Å². The van der Waals surface area contributed by atoms with Gasteiger partial charge in [0.1, 0.15) is 24.4 Å². The Morgan fingerprint density at radius 3 is 1.40 bits per heavy atom. The highest BCUT2D eigenvalue weighted by molar-refractivity contribution is 5.79. The molecule has 0 radical (unpaired) electrons. The summed E-state index contributed by atoms with van der Waals surface area (Å²) in [4.78, 5) is 28.0. The number of aliphatic hydroxyl groups excluding tert-OH is 3. The van der Waals surface area contributed by atoms with Crippen LogP contribution in [-0.2, 0) is 14.3 Å². The molecule has 1 rings (SSSR count). The number of ether oxygens (including phenoxy) is 1. The van der Waals surface area contributed by atoms with E-state index in [2.05, 4.69) is 24.5 Å². The van der Waals surface area contributed by atoms with E-state index in [1.165, 1.54) is 135 Å². The Morgan fingerprint density at radius 1 is 0.600 bits per heavy atom. The molecule has 0 bridgehead atoms. The van der Waals surface area contributed by atoms with Crippen molar-refractivity contribution in [2.45, 2.75) is 224 Å². The number of rotatable bonds is 34. The molecule has 0 aromatic carbocycles. The molecular formula is C41H81N3O6. The Hall–Kier alpha value is -1.26. The molecule has 1 heterocycles. The number of nitrogens with zero attached hydrogens (tertiary/aromatic N) is 1. The Bertz CT molecular complexity index is 802. The van der Waals surface area contributed by atoms with Crippen LogP contribution in [0.1, 0.15) is 194 Å². The number of unbranched alkanes of at least 4 members (excludes halogenated alkanes) is 25. The second-order valence-corrected chi connectivity index (χ2v) is 15.0. The number of hydrogen-bond acceptors (Lipinski definition) is 7. The molecule has 1 aliphatic heterocycles. The Balaban J connectivity index is 2.58. The number of hydrogen-bond donors (Lipinski definition) is 5. The van der Waals surface area contributed by atoms with Gasteiger partial charge in [-0.15, -0.1) is 0 Å². The third-order valence-corrected chi connectivity index (χ3v) is 10.4. The van der Waals surface area contributed by atoms with Crippen molar-refractivity contribution in [1.29, 1.82) is 0 Å². The maximum absolute atomic E-state index is 13.7. The third-order valence-electron chi connectivity index (χ3n) is 10.4. The molecule has 0 unspecified atom stereocenters. The van der Waals surface area contributed by atoms with Gasteiger partial charge in [0.2, 0.25) is 11.8 Å². The summed E-state index contributed by atoms with van der Waals surface area (Å²) in [6.45, 7) is 4.49. The van der Waals surface area contributed by atoms with Gasteiger partial charge in [0.25, 0.3) is 0 Å². The van der Waals surface area contributed by atoms with E-state index in [0.29, 0.717) is 13.0 Å². The summed E-state index contributed by atoms with van der Waals surface area (Å²) in [5.74, 6) is -0.431. The van der Waals surface area contributed by atoms with E-state index < -0.39 is 37.2 Å². The molecule has 50 heavy (non-hydrogen) atoms. The average Bonchev–Trinajstić information content (AvgIpc) is 3.11. The highest BCUT2D eigenvalue weighted by Crippen LogP contribution is 2.26. The van der Waals surface area contributed by atoms with Crippen LogP contribution < -0.4 is 10.6 Å². The molecule has 5 N–H and O–H groups in total. The van der Waals surface area contributed by atoms with E-state index in [0.717, 1.165) is 38.5 Å². The summed E-state index contributed by atoms with van der Waals surface area (Å²) in [5.41, 5.74) is 0. The standard InChI is InChI=1S/C41H81N3O6/c1-4-6-8-10-12-14-16-17-18-19-20-22-24-26-28-30-32-44(37(47)31-29-27-25-23-21-15-13-11-9-7-5-2)41-38(43-36(46)33-42-3)40(49)39(48)35(34-45)50-41/h35,38-42,45,48-49H,4-34H2,1-3H3,(H,43,46)/t35-,38-,39-,40-,41-/m1/s1.